The van der Waals surface area contributed by atoms with Crippen molar-refractivity contribution < 1.29 is 13.2 Å². The van der Waals surface area contributed by atoms with E-state index in [9.17, 15) is 13.2 Å². The van der Waals surface area contributed by atoms with Gasteiger partial charge in [-0.2, -0.15) is 4.31 Å². The molecule has 5 rings (SSSR count). The summed E-state index contributed by atoms with van der Waals surface area (Å²) in [5.41, 5.74) is 3.00. The maximum absolute atomic E-state index is 13.4. The minimum atomic E-state index is -3.62. The number of amides is 2. The van der Waals surface area contributed by atoms with Crippen molar-refractivity contribution in [2.24, 2.45) is 0 Å². The van der Waals surface area contributed by atoms with Gasteiger partial charge in [-0.05, 0) is 48.2 Å². The lowest BCUT2D eigenvalue weighted by atomic mass is 9.96. The summed E-state index contributed by atoms with van der Waals surface area (Å²) < 4.78 is 28.3. The maximum atomic E-state index is 13.4. The van der Waals surface area contributed by atoms with Crippen LogP contribution in [0.25, 0.3) is 0 Å². The van der Waals surface area contributed by atoms with Crippen LogP contribution in [0.3, 0.4) is 0 Å². The first-order valence-electron chi connectivity index (χ1n) is 12.5. The topological polar surface area (TPSA) is 73.0 Å². The van der Waals surface area contributed by atoms with Gasteiger partial charge in [-0.25, -0.2) is 13.2 Å². The fraction of sp³-hybridized carbons (Fsp3) is 0.321. The maximum Gasteiger partial charge on any atom is 0.321 e. The van der Waals surface area contributed by atoms with Gasteiger partial charge in [0, 0.05) is 45.0 Å². The summed E-state index contributed by atoms with van der Waals surface area (Å²) in [5.74, 6) is 0. The Hall–Kier alpha value is -3.20. The van der Waals surface area contributed by atoms with Crippen LogP contribution in [0.5, 0.6) is 0 Å². The van der Waals surface area contributed by atoms with Crippen molar-refractivity contribution >= 4 is 21.7 Å². The molecule has 36 heavy (non-hydrogen) atoms. The molecule has 2 aliphatic heterocycles. The average molecular weight is 505 g/mol. The Morgan fingerprint density at radius 3 is 1.75 bits per heavy atom. The first-order chi connectivity index (χ1) is 17.5. The third-order valence-electron chi connectivity index (χ3n) is 7.01. The molecule has 8 heteroatoms. The molecule has 0 saturated carbocycles. The zero-order valence-corrected chi connectivity index (χ0v) is 21.1. The molecular weight excluding hydrogens is 472 g/mol. The number of carbonyl (C=O) groups is 1. The molecule has 1 N–H and O–H groups in total. The highest BCUT2D eigenvalue weighted by atomic mass is 32.2. The van der Waals surface area contributed by atoms with Crippen LogP contribution in [0.15, 0.2) is 89.8 Å². The summed E-state index contributed by atoms with van der Waals surface area (Å²) >= 11 is 0. The fourth-order valence-corrected chi connectivity index (χ4v) is 6.49. The molecule has 2 saturated heterocycles. The van der Waals surface area contributed by atoms with Crippen molar-refractivity contribution in [2.75, 3.05) is 44.6 Å². The quantitative estimate of drug-likeness (QED) is 0.540. The molecule has 0 unspecified atom stereocenters. The Balaban J connectivity index is 1.26. The molecular formula is C28H32N4O3S. The van der Waals surface area contributed by atoms with Crippen LogP contribution < -0.4 is 5.32 Å². The lowest BCUT2D eigenvalue weighted by Crippen LogP contribution is -2.49. The summed E-state index contributed by atoms with van der Waals surface area (Å²) in [6.45, 7) is 3.65. The zero-order chi connectivity index (χ0) is 25.0. The summed E-state index contributed by atoms with van der Waals surface area (Å²) in [4.78, 5) is 16.7. The van der Waals surface area contributed by atoms with E-state index in [0.29, 0.717) is 31.9 Å². The first-order valence-corrected chi connectivity index (χ1v) is 14.0. The first kappa shape index (κ1) is 24.5. The third-order valence-corrected chi connectivity index (χ3v) is 8.92. The van der Waals surface area contributed by atoms with Crippen LogP contribution in [-0.4, -0.2) is 67.8 Å². The predicted molar refractivity (Wildman–Crippen MR) is 141 cm³/mol. The van der Waals surface area contributed by atoms with Gasteiger partial charge in [-0.1, -0.05) is 60.7 Å². The molecule has 2 amide bonds. The van der Waals surface area contributed by atoms with Crippen molar-refractivity contribution in [3.05, 3.63) is 96.1 Å². The number of nitrogens with one attached hydrogen (secondary N) is 1. The third kappa shape index (κ3) is 5.31. The predicted octanol–water partition coefficient (Wildman–Crippen LogP) is 4.41. The number of hydrogen-bond donors (Lipinski definition) is 1. The van der Waals surface area contributed by atoms with Gasteiger partial charge in [-0.3, -0.25) is 4.90 Å². The molecule has 7 nitrogen and oxygen atoms in total. The fourth-order valence-electron chi connectivity index (χ4n) is 5.07. The lowest BCUT2D eigenvalue weighted by Gasteiger charge is -2.39. The van der Waals surface area contributed by atoms with Crippen molar-refractivity contribution in [3.8, 4) is 0 Å². The summed E-state index contributed by atoms with van der Waals surface area (Å²) in [5, 5.41) is 2.86. The van der Waals surface area contributed by atoms with Gasteiger partial charge in [0.15, 0.2) is 0 Å². The van der Waals surface area contributed by atoms with Crippen molar-refractivity contribution in [1.29, 1.82) is 0 Å². The minimum absolute atomic E-state index is 0.0794. The standard InChI is InChI=1S/C28H32N4O3S/c33-28(31-17-7-8-18-31)29-25-13-15-26(16-14-25)36(34,35)32-21-19-30(20-22-32)27(23-9-3-1-4-10-23)24-11-5-2-6-12-24/h1-6,9-16,27H,7-8,17-22H2,(H,29,33). The SMILES string of the molecule is O=C(Nc1ccc(S(=O)(=O)N2CCN(C(c3ccccc3)c3ccccc3)CC2)cc1)N1CCCC1. The highest BCUT2D eigenvalue weighted by Gasteiger charge is 2.32. The Kier molecular flexibility index (Phi) is 7.36. The Labute approximate surface area is 213 Å². The molecule has 3 aromatic rings. The van der Waals surface area contributed by atoms with Gasteiger partial charge in [0.05, 0.1) is 10.9 Å². The second-order valence-electron chi connectivity index (χ2n) is 9.31. The summed E-state index contributed by atoms with van der Waals surface area (Å²) in [6, 6.07) is 27.2. The molecule has 0 spiro atoms. The number of nitrogens with zero attached hydrogens (tertiary/aromatic N) is 3. The number of rotatable bonds is 6. The van der Waals surface area contributed by atoms with Gasteiger partial charge < -0.3 is 10.2 Å². The molecule has 188 valence electrons. The molecule has 0 aliphatic carbocycles. The number of carbonyl (C=O) groups excluding carboxylic acids is 1. The van der Waals surface area contributed by atoms with Crippen molar-refractivity contribution in [1.82, 2.24) is 14.1 Å². The second kappa shape index (κ2) is 10.8. The minimum Gasteiger partial charge on any atom is -0.325 e. The van der Waals surface area contributed by atoms with Crippen LogP contribution in [0.1, 0.15) is 30.0 Å². The van der Waals surface area contributed by atoms with E-state index < -0.39 is 10.0 Å². The zero-order valence-electron chi connectivity index (χ0n) is 20.3. The van der Waals surface area contributed by atoms with E-state index in [0.717, 1.165) is 25.9 Å². The largest absolute Gasteiger partial charge is 0.325 e. The van der Waals surface area contributed by atoms with Gasteiger partial charge >= 0.3 is 6.03 Å². The van der Waals surface area contributed by atoms with E-state index >= 15 is 0 Å². The summed E-state index contributed by atoms with van der Waals surface area (Å²) in [6.07, 6.45) is 2.05. The second-order valence-corrected chi connectivity index (χ2v) is 11.3. The number of benzene rings is 3. The molecule has 2 fully saturated rings. The lowest BCUT2D eigenvalue weighted by molar-refractivity contribution is 0.156. The van der Waals surface area contributed by atoms with Crippen molar-refractivity contribution in [3.63, 3.8) is 0 Å². The smallest absolute Gasteiger partial charge is 0.321 e. The van der Waals surface area contributed by atoms with E-state index in [2.05, 4.69) is 34.5 Å². The molecule has 3 aromatic carbocycles. The Morgan fingerprint density at radius 1 is 0.694 bits per heavy atom. The van der Waals surface area contributed by atoms with Crippen LogP contribution >= 0.6 is 0 Å². The number of anilines is 1. The Morgan fingerprint density at radius 2 is 1.22 bits per heavy atom. The number of sulfonamides is 1. The average Bonchev–Trinajstić information content (AvgIpc) is 3.46. The number of urea groups is 1. The number of hydrogen-bond acceptors (Lipinski definition) is 4. The number of likely N-dealkylation sites (tertiary alicyclic amines) is 1. The number of piperazine rings is 1. The van der Waals surface area contributed by atoms with Gasteiger partial charge in [0.2, 0.25) is 10.0 Å². The van der Waals surface area contributed by atoms with Crippen LogP contribution in [0.2, 0.25) is 0 Å². The van der Waals surface area contributed by atoms with Gasteiger partial charge in [0.25, 0.3) is 0 Å². The van der Waals surface area contributed by atoms with Crippen LogP contribution in [-0.2, 0) is 10.0 Å². The molecule has 0 bridgehead atoms. The Bertz CT molecular complexity index is 1210. The van der Waals surface area contributed by atoms with Crippen LogP contribution in [0.4, 0.5) is 10.5 Å². The van der Waals surface area contributed by atoms with E-state index in [4.69, 9.17) is 0 Å². The van der Waals surface area contributed by atoms with Gasteiger partial charge in [-0.15, -0.1) is 0 Å². The highest BCUT2D eigenvalue weighted by Crippen LogP contribution is 2.30. The molecule has 2 aliphatic rings. The normalized spacial score (nSPS) is 17.4. The van der Waals surface area contributed by atoms with Gasteiger partial charge in [0.1, 0.15) is 0 Å². The monoisotopic (exact) mass is 504 g/mol. The van der Waals surface area contributed by atoms with Crippen LogP contribution in [0, 0.1) is 0 Å². The molecule has 0 atom stereocenters. The van der Waals surface area contributed by atoms with Crippen molar-refractivity contribution in [2.45, 2.75) is 23.8 Å². The highest BCUT2D eigenvalue weighted by molar-refractivity contribution is 7.89. The van der Waals surface area contributed by atoms with E-state index in [-0.39, 0.29) is 17.0 Å². The molecule has 2 heterocycles. The summed E-state index contributed by atoms with van der Waals surface area (Å²) in [7, 11) is -3.62. The van der Waals surface area contributed by atoms with E-state index in [1.54, 1.807) is 33.5 Å². The van der Waals surface area contributed by atoms with E-state index in [1.807, 2.05) is 36.4 Å². The molecule has 0 aromatic heterocycles. The molecule has 0 radical (unpaired) electrons. The van der Waals surface area contributed by atoms with E-state index in [1.165, 1.54) is 11.1 Å².